The third-order valence-corrected chi connectivity index (χ3v) is 4.98. The molecular formula is C18H18N4O4. The molecule has 0 fully saturated rings. The van der Waals surface area contributed by atoms with Gasteiger partial charge in [0.25, 0.3) is 0 Å². The number of anilines is 2. The number of aromatic nitrogens is 2. The second-order valence-corrected chi connectivity index (χ2v) is 7.61. The quantitative estimate of drug-likeness (QED) is 0.806. The van der Waals surface area contributed by atoms with Crippen molar-refractivity contribution in [1.82, 2.24) is 10.3 Å². The van der Waals surface area contributed by atoms with Gasteiger partial charge in [-0.25, -0.2) is 4.63 Å². The number of carbonyl (C=O) groups is 1. The molecule has 1 aromatic heterocycles. The highest BCUT2D eigenvalue weighted by Gasteiger charge is 2.40. The Morgan fingerprint density at radius 1 is 1.12 bits per heavy atom. The fourth-order valence-corrected chi connectivity index (χ4v) is 3.84. The molecular weight excluding hydrogens is 336 g/mol. The van der Waals surface area contributed by atoms with Gasteiger partial charge >= 0.3 is 0 Å². The van der Waals surface area contributed by atoms with Gasteiger partial charge in [-0.15, -0.1) is 0 Å². The van der Waals surface area contributed by atoms with Crippen molar-refractivity contribution in [3.8, 4) is 11.5 Å². The lowest BCUT2D eigenvalue weighted by Gasteiger charge is -2.34. The number of allylic oxidation sites excluding steroid dienone is 1. The Balaban J connectivity index is 1.65. The van der Waals surface area contributed by atoms with Crippen molar-refractivity contribution in [2.24, 2.45) is 5.41 Å². The summed E-state index contributed by atoms with van der Waals surface area (Å²) in [5.74, 6) is 2.46. The number of hydrogen-bond donors (Lipinski definition) is 2. The number of hydrogen-bond acceptors (Lipinski definition) is 8. The van der Waals surface area contributed by atoms with Crippen molar-refractivity contribution >= 4 is 17.4 Å². The summed E-state index contributed by atoms with van der Waals surface area (Å²) < 4.78 is 15.8. The number of nitrogens with one attached hydrogen (secondary N) is 2. The molecule has 8 nitrogen and oxygen atoms in total. The van der Waals surface area contributed by atoms with Crippen LogP contribution in [0.4, 0.5) is 11.6 Å². The minimum atomic E-state index is -0.372. The normalized spacial score (nSPS) is 22.8. The standard InChI is InChI=1S/C18H18N4O4/c1-18(2)6-10-14(11(23)7-18)15(20-17-16(19-10)21-26-22-17)9-3-4-12-13(5-9)25-8-24-12/h3-5,15H,6-8H2,1-2H3,(H,19,21)(H,20,22)/t15-/m0/s1. The van der Waals surface area contributed by atoms with Crippen molar-refractivity contribution in [3.05, 3.63) is 35.0 Å². The number of fused-ring (bicyclic) bond motifs is 2. The Morgan fingerprint density at radius 2 is 1.92 bits per heavy atom. The maximum absolute atomic E-state index is 13.0. The molecule has 0 saturated heterocycles. The van der Waals surface area contributed by atoms with E-state index >= 15 is 0 Å². The predicted octanol–water partition coefficient (Wildman–Crippen LogP) is 3.02. The van der Waals surface area contributed by atoms with E-state index in [9.17, 15) is 4.79 Å². The van der Waals surface area contributed by atoms with Crippen molar-refractivity contribution in [2.75, 3.05) is 17.4 Å². The van der Waals surface area contributed by atoms with E-state index in [2.05, 4.69) is 34.8 Å². The van der Waals surface area contributed by atoms with E-state index in [0.717, 1.165) is 17.7 Å². The Bertz CT molecular complexity index is 946. The fraction of sp³-hybridized carbons (Fsp3) is 0.389. The van der Waals surface area contributed by atoms with E-state index in [4.69, 9.17) is 14.1 Å². The van der Waals surface area contributed by atoms with Crippen LogP contribution in [0.1, 0.15) is 38.3 Å². The van der Waals surface area contributed by atoms with Gasteiger partial charge in [-0.1, -0.05) is 19.9 Å². The SMILES string of the molecule is CC1(C)CC(=O)C2=C(C1)Nc1nonc1N[C@H]2c1ccc2c(c1)OCO2. The van der Waals surface area contributed by atoms with Crippen LogP contribution >= 0.6 is 0 Å². The smallest absolute Gasteiger partial charge is 0.231 e. The topological polar surface area (TPSA) is 98.5 Å². The Hall–Kier alpha value is -3.03. The molecule has 134 valence electrons. The molecule has 5 rings (SSSR count). The zero-order chi connectivity index (χ0) is 17.9. The summed E-state index contributed by atoms with van der Waals surface area (Å²) in [6, 6.07) is 5.32. The van der Waals surface area contributed by atoms with E-state index in [1.165, 1.54) is 0 Å². The zero-order valence-corrected chi connectivity index (χ0v) is 14.5. The molecule has 2 aliphatic heterocycles. The lowest BCUT2D eigenvalue weighted by molar-refractivity contribution is -0.118. The largest absolute Gasteiger partial charge is 0.454 e. The molecule has 1 aliphatic carbocycles. The van der Waals surface area contributed by atoms with E-state index < -0.39 is 0 Å². The third kappa shape index (κ3) is 2.33. The number of Topliss-reactive ketones (excluding diaryl/α,β-unsaturated/α-hetero) is 1. The molecule has 2 N–H and O–H groups in total. The first-order chi connectivity index (χ1) is 12.5. The highest BCUT2D eigenvalue weighted by Crippen LogP contribution is 2.46. The minimum Gasteiger partial charge on any atom is -0.454 e. The van der Waals surface area contributed by atoms with Crippen LogP contribution in [0.5, 0.6) is 11.5 Å². The molecule has 0 bridgehead atoms. The van der Waals surface area contributed by atoms with Crippen LogP contribution in [-0.4, -0.2) is 22.9 Å². The van der Waals surface area contributed by atoms with Gasteiger partial charge in [0.15, 0.2) is 17.3 Å². The molecule has 26 heavy (non-hydrogen) atoms. The second kappa shape index (κ2) is 5.23. The van der Waals surface area contributed by atoms with Gasteiger partial charge in [0.2, 0.25) is 18.4 Å². The summed E-state index contributed by atoms with van der Waals surface area (Å²) in [5, 5.41) is 14.4. The van der Waals surface area contributed by atoms with E-state index in [0.29, 0.717) is 35.1 Å². The van der Waals surface area contributed by atoms with E-state index in [1.54, 1.807) is 0 Å². The highest BCUT2D eigenvalue weighted by atomic mass is 16.7. The summed E-state index contributed by atoms with van der Waals surface area (Å²) in [6.07, 6.45) is 1.23. The van der Waals surface area contributed by atoms with Gasteiger partial charge in [-0.2, -0.15) is 0 Å². The molecule has 0 radical (unpaired) electrons. The summed E-state index contributed by atoms with van der Waals surface area (Å²) >= 11 is 0. The number of benzene rings is 1. The van der Waals surface area contributed by atoms with Crippen molar-refractivity contribution < 1.29 is 18.9 Å². The Kier molecular flexibility index (Phi) is 3.07. The molecule has 0 spiro atoms. The predicted molar refractivity (Wildman–Crippen MR) is 91.9 cm³/mol. The number of carbonyl (C=O) groups excluding carboxylic acids is 1. The minimum absolute atomic E-state index is 0.112. The van der Waals surface area contributed by atoms with E-state index in [-0.39, 0.29) is 24.0 Å². The lowest BCUT2D eigenvalue weighted by atomic mass is 9.73. The van der Waals surface area contributed by atoms with Crippen LogP contribution in [0.15, 0.2) is 34.1 Å². The molecule has 0 unspecified atom stereocenters. The van der Waals surface area contributed by atoms with Gasteiger partial charge < -0.3 is 20.1 Å². The molecule has 8 heteroatoms. The van der Waals surface area contributed by atoms with Crippen LogP contribution in [0.25, 0.3) is 0 Å². The van der Waals surface area contributed by atoms with Gasteiger partial charge in [0.1, 0.15) is 0 Å². The zero-order valence-electron chi connectivity index (χ0n) is 14.5. The average molecular weight is 354 g/mol. The number of ketones is 1. The highest BCUT2D eigenvalue weighted by molar-refractivity contribution is 6.00. The van der Waals surface area contributed by atoms with Crippen LogP contribution in [0.3, 0.4) is 0 Å². The number of ether oxygens (including phenoxy) is 2. The fourth-order valence-electron chi connectivity index (χ4n) is 3.84. The lowest BCUT2D eigenvalue weighted by Crippen LogP contribution is -2.31. The van der Waals surface area contributed by atoms with Crippen LogP contribution in [0.2, 0.25) is 0 Å². The van der Waals surface area contributed by atoms with Crippen LogP contribution < -0.4 is 20.1 Å². The summed E-state index contributed by atoms with van der Waals surface area (Å²) in [6.45, 7) is 4.38. The molecule has 3 aliphatic rings. The van der Waals surface area contributed by atoms with Crippen molar-refractivity contribution in [1.29, 1.82) is 0 Å². The molecule has 2 aromatic rings. The number of nitrogens with zero attached hydrogens (tertiary/aromatic N) is 2. The van der Waals surface area contributed by atoms with Crippen molar-refractivity contribution in [3.63, 3.8) is 0 Å². The van der Waals surface area contributed by atoms with Crippen LogP contribution in [0, 0.1) is 5.41 Å². The van der Waals surface area contributed by atoms with Crippen LogP contribution in [-0.2, 0) is 4.79 Å². The van der Waals surface area contributed by atoms with Gasteiger partial charge in [-0.3, -0.25) is 4.79 Å². The first-order valence-corrected chi connectivity index (χ1v) is 8.52. The maximum Gasteiger partial charge on any atom is 0.231 e. The Morgan fingerprint density at radius 3 is 2.81 bits per heavy atom. The number of rotatable bonds is 1. The second-order valence-electron chi connectivity index (χ2n) is 7.61. The first-order valence-electron chi connectivity index (χ1n) is 8.52. The molecule has 1 atom stereocenters. The third-order valence-electron chi connectivity index (χ3n) is 4.98. The Labute approximate surface area is 149 Å². The van der Waals surface area contributed by atoms with E-state index in [1.807, 2.05) is 18.2 Å². The monoisotopic (exact) mass is 354 g/mol. The summed E-state index contributed by atoms with van der Waals surface area (Å²) in [4.78, 5) is 13.0. The average Bonchev–Trinajstić information content (AvgIpc) is 3.18. The van der Waals surface area contributed by atoms with Crippen molar-refractivity contribution in [2.45, 2.75) is 32.7 Å². The van der Waals surface area contributed by atoms with Gasteiger partial charge in [0.05, 0.1) is 6.04 Å². The maximum atomic E-state index is 13.0. The molecule has 0 amide bonds. The van der Waals surface area contributed by atoms with Gasteiger partial charge in [-0.05, 0) is 39.8 Å². The van der Waals surface area contributed by atoms with Gasteiger partial charge in [0, 0.05) is 17.7 Å². The molecule has 0 saturated carbocycles. The molecule has 3 heterocycles. The summed E-state index contributed by atoms with van der Waals surface area (Å²) in [5.41, 5.74) is 2.34. The summed E-state index contributed by atoms with van der Waals surface area (Å²) in [7, 11) is 0. The molecule has 1 aromatic carbocycles. The first kappa shape index (κ1) is 15.2.